The number of esters is 1. The van der Waals surface area contributed by atoms with Crippen molar-refractivity contribution >= 4 is 5.97 Å². The second kappa shape index (κ2) is 8.52. The van der Waals surface area contributed by atoms with Gasteiger partial charge in [0, 0.05) is 0 Å². The highest BCUT2D eigenvalue weighted by Gasteiger charge is 2.31. The van der Waals surface area contributed by atoms with Gasteiger partial charge in [-0.1, -0.05) is 26.2 Å². The fourth-order valence-electron chi connectivity index (χ4n) is 4.65. The summed E-state index contributed by atoms with van der Waals surface area (Å²) in [6.45, 7) is 2.32. The first-order chi connectivity index (χ1) is 12.2. The number of hydrogen-bond acceptors (Lipinski definition) is 3. The Balaban J connectivity index is 1.44. The van der Waals surface area contributed by atoms with Gasteiger partial charge in [0.2, 0.25) is 0 Å². The lowest BCUT2D eigenvalue weighted by molar-refractivity contribution is 0.0110. The summed E-state index contributed by atoms with van der Waals surface area (Å²) in [4.78, 5) is 12.3. The number of hydrogen-bond donors (Lipinski definition) is 0. The second-order valence-electron chi connectivity index (χ2n) is 7.82. The molecule has 3 heteroatoms. The third-order valence-electron chi connectivity index (χ3n) is 6.38. The number of carbonyl (C=O) groups excluding carboxylic acids is 1. The van der Waals surface area contributed by atoms with Crippen LogP contribution in [0, 0.1) is 29.1 Å². The van der Waals surface area contributed by atoms with Crippen molar-refractivity contribution in [1.29, 1.82) is 5.26 Å². The number of benzene rings is 1. The summed E-state index contributed by atoms with van der Waals surface area (Å²) in [5, 5.41) is 8.82. The van der Waals surface area contributed by atoms with Gasteiger partial charge in [0.15, 0.2) is 0 Å². The number of ether oxygens (including phenoxy) is 1. The number of rotatable bonds is 4. The molecule has 2 aliphatic rings. The molecule has 0 radical (unpaired) electrons. The lowest BCUT2D eigenvalue weighted by Gasteiger charge is -2.37. The number of nitrogens with zero attached hydrogens (tertiary/aromatic N) is 1. The molecule has 0 aromatic heterocycles. The van der Waals surface area contributed by atoms with Gasteiger partial charge in [-0.25, -0.2) is 4.79 Å². The Kier molecular flexibility index (Phi) is 6.13. The lowest BCUT2D eigenvalue weighted by atomic mass is 9.70. The second-order valence-corrected chi connectivity index (χ2v) is 7.82. The first kappa shape index (κ1) is 18.0. The van der Waals surface area contributed by atoms with Gasteiger partial charge in [-0.3, -0.25) is 0 Å². The first-order valence-electron chi connectivity index (χ1n) is 9.90. The van der Waals surface area contributed by atoms with E-state index in [1.807, 2.05) is 0 Å². The van der Waals surface area contributed by atoms with E-state index < -0.39 is 0 Å². The average molecular weight is 339 g/mol. The smallest absolute Gasteiger partial charge is 0.338 e. The van der Waals surface area contributed by atoms with Crippen molar-refractivity contribution in [2.45, 2.75) is 70.8 Å². The zero-order chi connectivity index (χ0) is 17.6. The molecule has 0 heterocycles. The predicted octanol–water partition coefficient (Wildman–Crippen LogP) is 5.49. The maximum absolute atomic E-state index is 12.3. The molecule has 0 bridgehead atoms. The molecule has 0 spiro atoms. The van der Waals surface area contributed by atoms with Gasteiger partial charge < -0.3 is 4.74 Å². The third-order valence-corrected chi connectivity index (χ3v) is 6.38. The van der Waals surface area contributed by atoms with Gasteiger partial charge in [0.25, 0.3) is 0 Å². The number of carbonyl (C=O) groups is 1. The highest BCUT2D eigenvalue weighted by molar-refractivity contribution is 5.89. The molecule has 0 N–H and O–H groups in total. The van der Waals surface area contributed by atoms with Crippen LogP contribution in [0.3, 0.4) is 0 Å². The van der Waals surface area contributed by atoms with Gasteiger partial charge in [0.05, 0.1) is 17.2 Å². The summed E-state index contributed by atoms with van der Waals surface area (Å²) >= 11 is 0. The molecule has 3 rings (SSSR count). The summed E-state index contributed by atoms with van der Waals surface area (Å²) in [5.41, 5.74) is 1.11. The van der Waals surface area contributed by atoms with E-state index in [-0.39, 0.29) is 12.1 Å². The van der Waals surface area contributed by atoms with E-state index in [4.69, 9.17) is 10.00 Å². The van der Waals surface area contributed by atoms with Crippen LogP contribution in [0.5, 0.6) is 0 Å². The van der Waals surface area contributed by atoms with Gasteiger partial charge in [-0.2, -0.15) is 5.26 Å². The van der Waals surface area contributed by atoms with E-state index in [1.165, 1.54) is 44.9 Å². The van der Waals surface area contributed by atoms with Crippen LogP contribution in [0.25, 0.3) is 0 Å². The topological polar surface area (TPSA) is 50.1 Å². The van der Waals surface area contributed by atoms with Crippen molar-refractivity contribution in [3.05, 3.63) is 35.4 Å². The van der Waals surface area contributed by atoms with E-state index in [0.29, 0.717) is 11.1 Å². The fraction of sp³-hybridized carbons (Fsp3) is 0.636. The largest absolute Gasteiger partial charge is 0.459 e. The van der Waals surface area contributed by atoms with E-state index in [1.54, 1.807) is 24.3 Å². The van der Waals surface area contributed by atoms with Gasteiger partial charge in [-0.05, 0) is 80.5 Å². The Morgan fingerprint density at radius 1 is 1.00 bits per heavy atom. The van der Waals surface area contributed by atoms with Crippen LogP contribution in [-0.2, 0) is 4.74 Å². The summed E-state index contributed by atoms with van der Waals surface area (Å²) in [6.07, 6.45) is 11.4. The highest BCUT2D eigenvalue weighted by atomic mass is 16.5. The zero-order valence-electron chi connectivity index (χ0n) is 15.2. The molecule has 134 valence electrons. The molecule has 0 amide bonds. The lowest BCUT2D eigenvalue weighted by Crippen LogP contribution is -2.29. The van der Waals surface area contributed by atoms with E-state index >= 15 is 0 Å². The van der Waals surface area contributed by atoms with Crippen LogP contribution in [0.2, 0.25) is 0 Å². The third kappa shape index (κ3) is 4.63. The van der Waals surface area contributed by atoms with Gasteiger partial charge >= 0.3 is 5.97 Å². The maximum Gasteiger partial charge on any atom is 0.338 e. The molecule has 0 saturated heterocycles. The normalized spacial score (nSPS) is 29.6. The Hall–Kier alpha value is -1.82. The zero-order valence-corrected chi connectivity index (χ0v) is 15.2. The Morgan fingerprint density at radius 3 is 2.08 bits per heavy atom. The van der Waals surface area contributed by atoms with Gasteiger partial charge in [0.1, 0.15) is 6.10 Å². The standard InChI is InChI=1S/C22H29NO2/c1-2-16-3-7-18(8-4-16)19-11-13-21(14-12-19)25-22(24)20-9-5-17(15-23)6-10-20/h5-6,9-10,16,18-19,21H,2-4,7-8,11-14H2,1H3. The molecule has 3 nitrogen and oxygen atoms in total. The highest BCUT2D eigenvalue weighted by Crippen LogP contribution is 2.41. The Morgan fingerprint density at radius 2 is 1.56 bits per heavy atom. The molecule has 1 aromatic rings. The fourth-order valence-corrected chi connectivity index (χ4v) is 4.65. The molecule has 2 aliphatic carbocycles. The Bertz CT molecular complexity index is 600. The molecule has 1 aromatic carbocycles. The van der Waals surface area contributed by atoms with Crippen molar-refractivity contribution in [2.24, 2.45) is 17.8 Å². The molecule has 25 heavy (non-hydrogen) atoms. The average Bonchev–Trinajstić information content (AvgIpc) is 2.68. The molecule has 0 aliphatic heterocycles. The van der Waals surface area contributed by atoms with Crippen LogP contribution in [0.1, 0.15) is 80.6 Å². The summed E-state index contributed by atoms with van der Waals surface area (Å²) in [7, 11) is 0. The summed E-state index contributed by atoms with van der Waals surface area (Å²) in [5.74, 6) is 2.44. The van der Waals surface area contributed by atoms with Crippen LogP contribution in [-0.4, -0.2) is 12.1 Å². The molecule has 2 fully saturated rings. The summed E-state index contributed by atoms with van der Waals surface area (Å²) in [6, 6.07) is 8.76. The molecule has 0 atom stereocenters. The van der Waals surface area contributed by atoms with Crippen molar-refractivity contribution in [1.82, 2.24) is 0 Å². The van der Waals surface area contributed by atoms with E-state index in [0.717, 1.165) is 30.6 Å². The van der Waals surface area contributed by atoms with Crippen molar-refractivity contribution in [3.63, 3.8) is 0 Å². The maximum atomic E-state index is 12.3. The number of nitriles is 1. The minimum atomic E-state index is -0.253. The van der Waals surface area contributed by atoms with Crippen LogP contribution in [0.4, 0.5) is 0 Å². The van der Waals surface area contributed by atoms with Crippen molar-refractivity contribution in [2.75, 3.05) is 0 Å². The summed E-state index contributed by atoms with van der Waals surface area (Å²) < 4.78 is 5.70. The molecule has 0 unspecified atom stereocenters. The molecule has 2 saturated carbocycles. The minimum Gasteiger partial charge on any atom is -0.459 e. The van der Waals surface area contributed by atoms with Crippen molar-refractivity contribution in [3.8, 4) is 6.07 Å². The SMILES string of the molecule is CCC1CCC(C2CCC(OC(=O)c3ccc(C#N)cc3)CC2)CC1. The van der Waals surface area contributed by atoms with Crippen LogP contribution >= 0.6 is 0 Å². The molecular weight excluding hydrogens is 310 g/mol. The van der Waals surface area contributed by atoms with Crippen molar-refractivity contribution < 1.29 is 9.53 Å². The Labute approximate surface area is 151 Å². The minimum absolute atomic E-state index is 0.0615. The first-order valence-corrected chi connectivity index (χ1v) is 9.90. The van der Waals surface area contributed by atoms with E-state index in [2.05, 4.69) is 13.0 Å². The van der Waals surface area contributed by atoms with E-state index in [9.17, 15) is 4.79 Å². The predicted molar refractivity (Wildman–Crippen MR) is 98.1 cm³/mol. The monoisotopic (exact) mass is 339 g/mol. The van der Waals surface area contributed by atoms with Crippen LogP contribution < -0.4 is 0 Å². The molecular formula is C22H29NO2. The van der Waals surface area contributed by atoms with Crippen LogP contribution in [0.15, 0.2) is 24.3 Å². The van der Waals surface area contributed by atoms with Gasteiger partial charge in [-0.15, -0.1) is 0 Å². The quantitative estimate of drug-likeness (QED) is 0.681.